The second-order valence-corrected chi connectivity index (χ2v) is 4.69. The monoisotopic (exact) mass is 300 g/mol. The van der Waals surface area contributed by atoms with Crippen molar-refractivity contribution in [3.05, 3.63) is 35.1 Å². The number of rotatable bonds is 1. The highest BCUT2D eigenvalue weighted by molar-refractivity contribution is 9.09. The Balaban J connectivity index is 2.30. The van der Waals surface area contributed by atoms with E-state index in [-0.39, 0.29) is 17.9 Å². The summed E-state index contributed by atoms with van der Waals surface area (Å²) < 4.78 is 13.1. The summed E-state index contributed by atoms with van der Waals surface area (Å²) in [6.45, 7) is 3.04. The fourth-order valence-electron chi connectivity index (χ4n) is 1.98. The lowest BCUT2D eigenvalue weighted by molar-refractivity contribution is -0.131. The van der Waals surface area contributed by atoms with E-state index in [1.165, 1.54) is 12.1 Å². The third kappa shape index (κ3) is 2.66. The van der Waals surface area contributed by atoms with Gasteiger partial charge in [-0.15, -0.1) is 0 Å². The van der Waals surface area contributed by atoms with Gasteiger partial charge in [0.25, 0.3) is 0 Å². The molecule has 1 atom stereocenters. The van der Waals surface area contributed by atoms with Crippen LogP contribution in [0.15, 0.2) is 18.2 Å². The number of carbonyl (C=O) groups excluding carboxylic acids is 1. The zero-order valence-corrected chi connectivity index (χ0v) is 11.1. The Morgan fingerprint density at radius 3 is 3.06 bits per heavy atom. The Labute approximate surface area is 108 Å². The van der Waals surface area contributed by atoms with Crippen LogP contribution in [0.3, 0.4) is 0 Å². The van der Waals surface area contributed by atoms with Gasteiger partial charge in [0.15, 0.2) is 0 Å². The highest BCUT2D eigenvalue weighted by Crippen LogP contribution is 2.19. The summed E-state index contributed by atoms with van der Waals surface area (Å²) in [7, 11) is 0. The molecule has 1 aliphatic heterocycles. The summed E-state index contributed by atoms with van der Waals surface area (Å²) in [6.07, 6.45) is -0.0458. The lowest BCUT2D eigenvalue weighted by Crippen LogP contribution is -2.45. The molecule has 0 unspecified atom stereocenters. The van der Waals surface area contributed by atoms with Gasteiger partial charge in [-0.2, -0.15) is 0 Å². The molecule has 3 nitrogen and oxygen atoms in total. The maximum atomic E-state index is 13.1. The van der Waals surface area contributed by atoms with Crippen LogP contribution in [0.2, 0.25) is 0 Å². The van der Waals surface area contributed by atoms with Gasteiger partial charge in [-0.05, 0) is 30.2 Å². The highest BCUT2D eigenvalue weighted by atomic mass is 79.9. The van der Waals surface area contributed by atoms with Crippen LogP contribution in [-0.4, -0.2) is 22.3 Å². The van der Waals surface area contributed by atoms with Crippen LogP contribution in [0.1, 0.15) is 18.1 Å². The molecule has 0 aliphatic carbocycles. The number of alkyl halides is 1. The van der Waals surface area contributed by atoms with Crippen molar-refractivity contribution in [1.29, 1.82) is 0 Å². The SMILES string of the molecule is C[C@H]1NCc2cc(F)ccc2CN1C(=O)CBr. The number of hydrogen-bond acceptors (Lipinski definition) is 2. The molecule has 5 heteroatoms. The van der Waals surface area contributed by atoms with E-state index in [0.717, 1.165) is 11.1 Å². The first kappa shape index (κ1) is 12.5. The van der Waals surface area contributed by atoms with Gasteiger partial charge in [-0.1, -0.05) is 22.0 Å². The van der Waals surface area contributed by atoms with Crippen molar-refractivity contribution in [1.82, 2.24) is 10.2 Å². The van der Waals surface area contributed by atoms with Crippen molar-refractivity contribution in [2.24, 2.45) is 0 Å². The number of nitrogens with zero attached hydrogens (tertiary/aromatic N) is 1. The van der Waals surface area contributed by atoms with E-state index in [2.05, 4.69) is 21.2 Å². The first-order valence-electron chi connectivity index (χ1n) is 5.48. The number of amides is 1. The minimum atomic E-state index is -0.238. The lowest BCUT2D eigenvalue weighted by Gasteiger charge is -2.27. The molecule has 1 heterocycles. The molecule has 92 valence electrons. The molecule has 0 saturated heterocycles. The van der Waals surface area contributed by atoms with Crippen LogP contribution in [0.4, 0.5) is 4.39 Å². The topological polar surface area (TPSA) is 32.3 Å². The average molecular weight is 301 g/mol. The molecular weight excluding hydrogens is 287 g/mol. The van der Waals surface area contributed by atoms with Gasteiger partial charge in [0.05, 0.1) is 11.5 Å². The number of halogens is 2. The van der Waals surface area contributed by atoms with E-state index in [1.54, 1.807) is 11.0 Å². The summed E-state index contributed by atoms with van der Waals surface area (Å²) in [4.78, 5) is 13.5. The van der Waals surface area contributed by atoms with Crippen molar-refractivity contribution in [3.8, 4) is 0 Å². The summed E-state index contributed by atoms with van der Waals surface area (Å²) in [5.74, 6) is -0.208. The molecule has 2 rings (SSSR count). The average Bonchev–Trinajstić information content (AvgIpc) is 2.48. The lowest BCUT2D eigenvalue weighted by atomic mass is 10.1. The van der Waals surface area contributed by atoms with Crippen LogP contribution < -0.4 is 5.32 Å². The molecular formula is C12H14BrFN2O. The molecule has 1 N–H and O–H groups in total. The second kappa shape index (κ2) is 5.14. The second-order valence-electron chi connectivity index (χ2n) is 4.13. The maximum absolute atomic E-state index is 13.1. The molecule has 1 aromatic rings. The van der Waals surface area contributed by atoms with E-state index < -0.39 is 0 Å². The molecule has 17 heavy (non-hydrogen) atoms. The normalized spacial score (nSPS) is 19.7. The van der Waals surface area contributed by atoms with Gasteiger partial charge in [0, 0.05) is 13.1 Å². The first-order chi connectivity index (χ1) is 8.11. The Morgan fingerprint density at radius 1 is 1.59 bits per heavy atom. The summed E-state index contributed by atoms with van der Waals surface area (Å²) in [6, 6.07) is 4.71. The van der Waals surface area contributed by atoms with Crippen molar-refractivity contribution in [3.63, 3.8) is 0 Å². The largest absolute Gasteiger partial charge is 0.322 e. The highest BCUT2D eigenvalue weighted by Gasteiger charge is 2.23. The molecule has 0 saturated carbocycles. The third-order valence-electron chi connectivity index (χ3n) is 3.00. The number of carbonyl (C=O) groups is 1. The van der Waals surface area contributed by atoms with E-state index in [9.17, 15) is 9.18 Å². The van der Waals surface area contributed by atoms with Gasteiger partial charge in [-0.3, -0.25) is 10.1 Å². The zero-order valence-electron chi connectivity index (χ0n) is 9.54. The predicted octanol–water partition coefficient (Wildman–Crippen LogP) is 2.00. The van der Waals surface area contributed by atoms with Crippen LogP contribution in [0, 0.1) is 5.82 Å². The van der Waals surface area contributed by atoms with Crippen LogP contribution >= 0.6 is 15.9 Å². The van der Waals surface area contributed by atoms with Crippen LogP contribution in [-0.2, 0) is 17.9 Å². The Bertz CT molecular complexity index is 439. The van der Waals surface area contributed by atoms with Crippen LogP contribution in [0.5, 0.6) is 0 Å². The number of benzene rings is 1. The number of nitrogens with one attached hydrogen (secondary N) is 1. The van der Waals surface area contributed by atoms with Crippen molar-refractivity contribution >= 4 is 21.8 Å². The minimum Gasteiger partial charge on any atom is -0.322 e. The van der Waals surface area contributed by atoms with Gasteiger partial charge < -0.3 is 4.90 Å². The molecule has 1 amide bonds. The molecule has 0 radical (unpaired) electrons. The van der Waals surface area contributed by atoms with Crippen molar-refractivity contribution in [2.45, 2.75) is 26.2 Å². The molecule has 1 aliphatic rings. The zero-order chi connectivity index (χ0) is 12.4. The summed E-state index contributed by atoms with van der Waals surface area (Å²) in [5, 5.41) is 3.51. The Hall–Kier alpha value is -0.940. The predicted molar refractivity (Wildman–Crippen MR) is 67.0 cm³/mol. The van der Waals surface area contributed by atoms with Crippen molar-refractivity contribution in [2.75, 3.05) is 5.33 Å². The quantitative estimate of drug-likeness (QED) is 0.805. The van der Waals surface area contributed by atoms with Gasteiger partial charge in [-0.25, -0.2) is 4.39 Å². The van der Waals surface area contributed by atoms with Gasteiger partial charge in [0.1, 0.15) is 5.82 Å². The van der Waals surface area contributed by atoms with Gasteiger partial charge in [0.2, 0.25) is 5.91 Å². The minimum absolute atomic E-state index is 0.0298. The van der Waals surface area contributed by atoms with E-state index in [1.807, 2.05) is 6.92 Å². The standard InChI is InChI=1S/C12H14BrFN2O/c1-8-15-6-10-4-11(14)3-2-9(10)7-16(8)12(17)5-13/h2-4,8,15H,5-7H2,1H3/t8-/m0/s1. The third-order valence-corrected chi connectivity index (χ3v) is 3.48. The molecule has 1 aromatic carbocycles. The fraction of sp³-hybridized carbons (Fsp3) is 0.417. The first-order valence-corrected chi connectivity index (χ1v) is 6.60. The number of fused-ring (bicyclic) bond motifs is 1. The van der Waals surface area contributed by atoms with E-state index in [0.29, 0.717) is 18.4 Å². The maximum Gasteiger partial charge on any atom is 0.234 e. The smallest absolute Gasteiger partial charge is 0.234 e. The van der Waals surface area contributed by atoms with E-state index >= 15 is 0 Å². The fourth-order valence-corrected chi connectivity index (χ4v) is 2.30. The summed E-state index contributed by atoms with van der Waals surface area (Å²) in [5.41, 5.74) is 1.92. The van der Waals surface area contributed by atoms with Crippen LogP contribution in [0.25, 0.3) is 0 Å². The summed E-state index contributed by atoms with van der Waals surface area (Å²) >= 11 is 3.18. The van der Waals surface area contributed by atoms with Crippen molar-refractivity contribution < 1.29 is 9.18 Å². The van der Waals surface area contributed by atoms with Gasteiger partial charge >= 0.3 is 0 Å². The molecule has 0 aromatic heterocycles. The molecule has 0 bridgehead atoms. The molecule has 0 fully saturated rings. The Kier molecular flexibility index (Phi) is 3.79. The molecule has 0 spiro atoms. The Morgan fingerprint density at radius 2 is 2.35 bits per heavy atom. The van der Waals surface area contributed by atoms with E-state index in [4.69, 9.17) is 0 Å². The number of hydrogen-bond donors (Lipinski definition) is 1.